The van der Waals surface area contributed by atoms with Crippen LogP contribution >= 0.6 is 0 Å². The molecule has 1 heterocycles. The lowest BCUT2D eigenvalue weighted by molar-refractivity contribution is 0.185. The molecule has 0 bridgehead atoms. The van der Waals surface area contributed by atoms with Crippen molar-refractivity contribution in [3.63, 3.8) is 0 Å². The Morgan fingerprint density at radius 2 is 2.29 bits per heavy atom. The number of ether oxygens (including phenoxy) is 1. The lowest BCUT2D eigenvalue weighted by Crippen LogP contribution is -2.29. The quantitative estimate of drug-likeness (QED) is 0.866. The van der Waals surface area contributed by atoms with Crippen LogP contribution < -0.4 is 10.2 Å². The summed E-state index contributed by atoms with van der Waals surface area (Å²) < 4.78 is 5.18. The van der Waals surface area contributed by atoms with E-state index in [4.69, 9.17) is 4.74 Å². The summed E-state index contributed by atoms with van der Waals surface area (Å²) in [6.45, 7) is 6.22. The summed E-state index contributed by atoms with van der Waals surface area (Å²) >= 11 is 0. The summed E-state index contributed by atoms with van der Waals surface area (Å²) in [7, 11) is 1.74. The van der Waals surface area contributed by atoms with Crippen molar-refractivity contribution >= 4 is 5.69 Å². The number of benzene rings is 1. The van der Waals surface area contributed by atoms with Crippen molar-refractivity contribution in [2.45, 2.75) is 26.0 Å². The number of methoxy groups -OCH3 is 1. The predicted octanol–water partition coefficient (Wildman–Crippen LogP) is 2.02. The summed E-state index contributed by atoms with van der Waals surface area (Å²) in [5, 5.41) is 3.52. The molecule has 1 fully saturated rings. The van der Waals surface area contributed by atoms with Gasteiger partial charge in [-0.25, -0.2) is 0 Å². The molecule has 0 saturated carbocycles. The molecule has 2 rings (SSSR count). The normalized spacial score (nSPS) is 21.3. The molecular weight excluding hydrogens is 212 g/mol. The number of nitrogens with one attached hydrogen (secondary N) is 1. The Labute approximate surface area is 104 Å². The van der Waals surface area contributed by atoms with Crippen LogP contribution in [0.5, 0.6) is 0 Å². The highest BCUT2D eigenvalue weighted by molar-refractivity contribution is 5.48. The smallest absolute Gasteiger partial charge is 0.0713 e. The second kappa shape index (κ2) is 6.03. The van der Waals surface area contributed by atoms with Crippen LogP contribution in [0.3, 0.4) is 0 Å². The van der Waals surface area contributed by atoms with Gasteiger partial charge in [0.2, 0.25) is 0 Å². The van der Waals surface area contributed by atoms with Crippen molar-refractivity contribution in [3.8, 4) is 0 Å². The van der Waals surface area contributed by atoms with Crippen LogP contribution in [0.4, 0.5) is 5.69 Å². The minimum absolute atomic E-state index is 0.627. The molecule has 1 N–H and O–H groups in total. The van der Waals surface area contributed by atoms with Crippen LogP contribution in [0.15, 0.2) is 24.3 Å². The summed E-state index contributed by atoms with van der Waals surface area (Å²) in [6.07, 6.45) is 1.20. The highest BCUT2D eigenvalue weighted by Crippen LogP contribution is 2.18. The van der Waals surface area contributed by atoms with E-state index in [0.29, 0.717) is 12.6 Å². The van der Waals surface area contributed by atoms with E-state index in [1.165, 1.54) is 17.7 Å². The summed E-state index contributed by atoms with van der Waals surface area (Å²) in [5.74, 6) is 0. The average molecular weight is 234 g/mol. The zero-order valence-corrected chi connectivity index (χ0v) is 10.8. The van der Waals surface area contributed by atoms with Gasteiger partial charge in [0.05, 0.1) is 6.61 Å². The molecule has 0 aliphatic carbocycles. The zero-order chi connectivity index (χ0) is 12.1. The molecule has 1 aromatic rings. The topological polar surface area (TPSA) is 24.5 Å². The van der Waals surface area contributed by atoms with Gasteiger partial charge in [0.15, 0.2) is 0 Å². The number of hydrogen-bond donors (Lipinski definition) is 1. The van der Waals surface area contributed by atoms with Gasteiger partial charge in [-0.1, -0.05) is 12.1 Å². The molecule has 17 heavy (non-hydrogen) atoms. The summed E-state index contributed by atoms with van der Waals surface area (Å²) in [5.41, 5.74) is 2.56. The first-order valence-electron chi connectivity index (χ1n) is 6.36. The van der Waals surface area contributed by atoms with Crippen LogP contribution in [-0.2, 0) is 11.3 Å². The number of anilines is 1. The van der Waals surface area contributed by atoms with Gasteiger partial charge in [0.25, 0.3) is 0 Å². The molecule has 1 atom stereocenters. The first-order chi connectivity index (χ1) is 8.29. The Balaban J connectivity index is 2.07. The fraction of sp³-hybridized carbons (Fsp3) is 0.571. The standard InChI is InChI=1S/C14H22N2O/c1-12-6-8-16(9-7-15-12)14-5-3-4-13(10-14)11-17-2/h3-5,10,12,15H,6-9,11H2,1-2H3. The molecule has 0 spiro atoms. The Kier molecular flexibility index (Phi) is 4.40. The van der Waals surface area contributed by atoms with Crippen molar-refractivity contribution in [1.82, 2.24) is 5.32 Å². The van der Waals surface area contributed by atoms with Crippen LogP contribution in [0, 0.1) is 0 Å². The van der Waals surface area contributed by atoms with Gasteiger partial charge < -0.3 is 15.0 Å². The highest BCUT2D eigenvalue weighted by Gasteiger charge is 2.13. The summed E-state index contributed by atoms with van der Waals surface area (Å²) in [6, 6.07) is 9.29. The SMILES string of the molecule is COCc1cccc(N2CCNC(C)CC2)c1. The Morgan fingerprint density at radius 1 is 1.41 bits per heavy atom. The maximum absolute atomic E-state index is 5.18. The van der Waals surface area contributed by atoms with Crippen molar-refractivity contribution in [1.29, 1.82) is 0 Å². The molecule has 1 saturated heterocycles. The lowest BCUT2D eigenvalue weighted by atomic mass is 10.2. The van der Waals surface area contributed by atoms with Gasteiger partial charge in [0.1, 0.15) is 0 Å². The minimum Gasteiger partial charge on any atom is -0.380 e. The van der Waals surface area contributed by atoms with Crippen LogP contribution in [0.1, 0.15) is 18.9 Å². The third-order valence-corrected chi connectivity index (χ3v) is 3.29. The van der Waals surface area contributed by atoms with Crippen molar-refractivity contribution in [2.24, 2.45) is 0 Å². The van der Waals surface area contributed by atoms with E-state index >= 15 is 0 Å². The third-order valence-electron chi connectivity index (χ3n) is 3.29. The van der Waals surface area contributed by atoms with E-state index in [2.05, 4.69) is 41.4 Å². The van der Waals surface area contributed by atoms with Crippen LogP contribution in [-0.4, -0.2) is 32.8 Å². The van der Waals surface area contributed by atoms with E-state index in [9.17, 15) is 0 Å². The van der Waals surface area contributed by atoms with Gasteiger partial charge in [-0.2, -0.15) is 0 Å². The fourth-order valence-corrected chi connectivity index (χ4v) is 2.28. The second-order valence-electron chi connectivity index (χ2n) is 4.73. The first kappa shape index (κ1) is 12.4. The Bertz CT molecular complexity index is 354. The van der Waals surface area contributed by atoms with Crippen LogP contribution in [0.25, 0.3) is 0 Å². The third kappa shape index (κ3) is 3.45. The molecule has 1 aromatic carbocycles. The maximum Gasteiger partial charge on any atom is 0.0713 e. The monoisotopic (exact) mass is 234 g/mol. The average Bonchev–Trinajstić information content (AvgIpc) is 2.55. The highest BCUT2D eigenvalue weighted by atomic mass is 16.5. The van der Waals surface area contributed by atoms with E-state index in [-0.39, 0.29) is 0 Å². The number of nitrogens with zero attached hydrogens (tertiary/aromatic N) is 1. The van der Waals surface area contributed by atoms with Gasteiger partial charge in [-0.15, -0.1) is 0 Å². The van der Waals surface area contributed by atoms with Gasteiger partial charge in [-0.3, -0.25) is 0 Å². The van der Waals surface area contributed by atoms with E-state index in [1.807, 2.05) is 0 Å². The van der Waals surface area contributed by atoms with Gasteiger partial charge >= 0.3 is 0 Å². The zero-order valence-electron chi connectivity index (χ0n) is 10.8. The van der Waals surface area contributed by atoms with E-state index in [1.54, 1.807) is 7.11 Å². The van der Waals surface area contributed by atoms with Gasteiger partial charge in [0, 0.05) is 38.5 Å². The second-order valence-corrected chi connectivity index (χ2v) is 4.73. The molecule has 3 heteroatoms. The predicted molar refractivity (Wildman–Crippen MR) is 71.4 cm³/mol. The maximum atomic E-state index is 5.18. The largest absolute Gasteiger partial charge is 0.380 e. The number of rotatable bonds is 3. The van der Waals surface area contributed by atoms with E-state index in [0.717, 1.165) is 19.6 Å². The molecule has 0 amide bonds. The van der Waals surface area contributed by atoms with Crippen molar-refractivity contribution < 1.29 is 4.74 Å². The molecule has 1 aliphatic rings. The molecule has 0 radical (unpaired) electrons. The minimum atomic E-state index is 0.627. The number of hydrogen-bond acceptors (Lipinski definition) is 3. The van der Waals surface area contributed by atoms with Crippen LogP contribution in [0.2, 0.25) is 0 Å². The molecule has 3 nitrogen and oxygen atoms in total. The molecular formula is C14H22N2O. The van der Waals surface area contributed by atoms with Crippen molar-refractivity contribution in [2.75, 3.05) is 31.6 Å². The Morgan fingerprint density at radius 3 is 3.12 bits per heavy atom. The molecule has 1 aliphatic heterocycles. The first-order valence-corrected chi connectivity index (χ1v) is 6.36. The fourth-order valence-electron chi connectivity index (χ4n) is 2.28. The lowest BCUT2D eigenvalue weighted by Gasteiger charge is -2.23. The van der Waals surface area contributed by atoms with E-state index < -0.39 is 0 Å². The van der Waals surface area contributed by atoms with Crippen molar-refractivity contribution in [3.05, 3.63) is 29.8 Å². The molecule has 94 valence electrons. The summed E-state index contributed by atoms with van der Waals surface area (Å²) in [4.78, 5) is 2.45. The Hall–Kier alpha value is -1.06. The molecule has 0 aromatic heterocycles. The molecule has 1 unspecified atom stereocenters. The van der Waals surface area contributed by atoms with Gasteiger partial charge in [-0.05, 0) is 31.0 Å².